The number of rotatable bonds is 6. The highest BCUT2D eigenvalue weighted by atomic mass is 19.1. The van der Waals surface area contributed by atoms with Gasteiger partial charge >= 0.3 is 0 Å². The highest BCUT2D eigenvalue weighted by molar-refractivity contribution is 6.03. The molecule has 3 aromatic rings. The first kappa shape index (κ1) is 18.3. The van der Waals surface area contributed by atoms with Gasteiger partial charge in [0, 0.05) is 5.69 Å². The zero-order valence-corrected chi connectivity index (χ0v) is 14.9. The van der Waals surface area contributed by atoms with Gasteiger partial charge in [0.25, 0.3) is 5.91 Å². The Bertz CT molecular complexity index is 912. The summed E-state index contributed by atoms with van der Waals surface area (Å²) in [4.78, 5) is 12.4. The first-order valence-corrected chi connectivity index (χ1v) is 8.44. The lowest BCUT2D eigenvalue weighted by molar-refractivity contribution is 0.102. The van der Waals surface area contributed by atoms with Crippen molar-refractivity contribution in [3.8, 4) is 5.75 Å². The Balaban J connectivity index is 1.68. The van der Waals surface area contributed by atoms with E-state index >= 15 is 0 Å². The number of anilines is 3. The van der Waals surface area contributed by atoms with Crippen LogP contribution in [-0.4, -0.2) is 22.2 Å². The molecule has 3 rings (SSSR count). The average molecular weight is 366 g/mol. The van der Waals surface area contributed by atoms with Crippen LogP contribution in [0.2, 0.25) is 0 Å². The third-order valence-electron chi connectivity index (χ3n) is 3.51. The minimum Gasteiger partial charge on any atom is -0.489 e. The minimum atomic E-state index is -0.393. The summed E-state index contributed by atoms with van der Waals surface area (Å²) in [7, 11) is 0. The van der Waals surface area contributed by atoms with Crippen LogP contribution in [0.5, 0.6) is 5.75 Å². The van der Waals surface area contributed by atoms with E-state index < -0.39 is 5.91 Å². The summed E-state index contributed by atoms with van der Waals surface area (Å²) in [6, 6.07) is 16.2. The van der Waals surface area contributed by atoms with Crippen LogP contribution in [0.4, 0.5) is 21.6 Å². The second kappa shape index (κ2) is 8.27. The lowest BCUT2D eigenvalue weighted by atomic mass is 10.2. The fraction of sp³-hybridized carbons (Fsp3) is 0.150. The van der Waals surface area contributed by atoms with Gasteiger partial charge in [-0.15, -0.1) is 10.2 Å². The maximum Gasteiger partial charge on any atom is 0.276 e. The highest BCUT2D eigenvalue weighted by Crippen LogP contribution is 2.25. The molecule has 0 aliphatic carbocycles. The maximum absolute atomic E-state index is 12.9. The van der Waals surface area contributed by atoms with Crippen molar-refractivity contribution >= 4 is 23.1 Å². The zero-order chi connectivity index (χ0) is 19.2. The Morgan fingerprint density at radius 1 is 1.00 bits per heavy atom. The van der Waals surface area contributed by atoms with Crippen molar-refractivity contribution in [3.05, 3.63) is 72.2 Å². The maximum atomic E-state index is 12.9. The van der Waals surface area contributed by atoms with Crippen molar-refractivity contribution in [2.24, 2.45) is 0 Å². The van der Waals surface area contributed by atoms with Crippen LogP contribution in [0.15, 0.2) is 60.7 Å². The van der Waals surface area contributed by atoms with E-state index in [2.05, 4.69) is 20.8 Å². The summed E-state index contributed by atoms with van der Waals surface area (Å²) >= 11 is 0. The molecule has 0 saturated carbocycles. The second-order valence-corrected chi connectivity index (χ2v) is 6.05. The van der Waals surface area contributed by atoms with E-state index in [4.69, 9.17) is 4.74 Å². The van der Waals surface area contributed by atoms with Crippen LogP contribution in [-0.2, 0) is 0 Å². The molecule has 0 spiro atoms. The predicted octanol–water partition coefficient (Wildman–Crippen LogP) is 4.40. The zero-order valence-electron chi connectivity index (χ0n) is 14.9. The molecule has 27 heavy (non-hydrogen) atoms. The van der Waals surface area contributed by atoms with Crippen LogP contribution in [0.25, 0.3) is 0 Å². The Kier molecular flexibility index (Phi) is 5.61. The van der Waals surface area contributed by atoms with E-state index in [0.29, 0.717) is 22.9 Å². The first-order valence-electron chi connectivity index (χ1n) is 8.44. The average Bonchev–Trinajstić information content (AvgIpc) is 2.65. The molecule has 0 atom stereocenters. The van der Waals surface area contributed by atoms with E-state index in [1.165, 1.54) is 12.1 Å². The lowest BCUT2D eigenvalue weighted by Gasteiger charge is -2.14. The van der Waals surface area contributed by atoms with E-state index in [-0.39, 0.29) is 17.6 Å². The Labute approximate surface area is 156 Å². The molecule has 1 heterocycles. The molecule has 6 nitrogen and oxygen atoms in total. The molecule has 0 radical (unpaired) electrons. The van der Waals surface area contributed by atoms with Crippen LogP contribution < -0.4 is 15.4 Å². The molecule has 0 aliphatic heterocycles. The number of carbonyl (C=O) groups is 1. The number of halogens is 1. The summed E-state index contributed by atoms with van der Waals surface area (Å²) in [5.74, 6) is 0.320. The van der Waals surface area contributed by atoms with Crippen molar-refractivity contribution in [1.29, 1.82) is 0 Å². The molecule has 0 saturated heterocycles. The van der Waals surface area contributed by atoms with Gasteiger partial charge in [-0.3, -0.25) is 4.79 Å². The molecule has 0 fully saturated rings. The molecule has 0 bridgehead atoms. The van der Waals surface area contributed by atoms with Gasteiger partial charge in [0.05, 0.1) is 11.8 Å². The number of ether oxygens (including phenoxy) is 1. The molecule has 1 amide bonds. The number of amides is 1. The standard InChI is InChI=1S/C20H19FN4O2/c1-13(2)27-18-6-4-3-5-16(18)23-20(26)17-11-12-19(25-24-17)22-15-9-7-14(21)8-10-15/h3-13H,1-2H3,(H,22,25)(H,23,26). The summed E-state index contributed by atoms with van der Waals surface area (Å²) in [5.41, 5.74) is 1.40. The van der Waals surface area contributed by atoms with E-state index in [1.54, 1.807) is 36.4 Å². The number of hydrogen-bond acceptors (Lipinski definition) is 5. The van der Waals surface area contributed by atoms with Crippen LogP contribution in [0.1, 0.15) is 24.3 Å². The van der Waals surface area contributed by atoms with Crippen molar-refractivity contribution in [2.75, 3.05) is 10.6 Å². The van der Waals surface area contributed by atoms with Crippen LogP contribution in [0.3, 0.4) is 0 Å². The topological polar surface area (TPSA) is 76.1 Å². The van der Waals surface area contributed by atoms with Gasteiger partial charge in [-0.05, 0) is 62.4 Å². The molecule has 2 aromatic carbocycles. The Morgan fingerprint density at radius 2 is 1.74 bits per heavy atom. The molecule has 7 heteroatoms. The Hall–Kier alpha value is -3.48. The van der Waals surface area contributed by atoms with Crippen LogP contribution in [0, 0.1) is 5.82 Å². The lowest BCUT2D eigenvalue weighted by Crippen LogP contribution is -2.16. The largest absolute Gasteiger partial charge is 0.489 e. The van der Waals surface area contributed by atoms with Crippen LogP contribution >= 0.6 is 0 Å². The normalized spacial score (nSPS) is 10.5. The number of benzene rings is 2. The molecule has 138 valence electrons. The summed E-state index contributed by atoms with van der Waals surface area (Å²) in [6.45, 7) is 3.83. The SMILES string of the molecule is CC(C)Oc1ccccc1NC(=O)c1ccc(Nc2ccc(F)cc2)nn1. The van der Waals surface area contributed by atoms with Crippen molar-refractivity contribution in [1.82, 2.24) is 10.2 Å². The number of nitrogens with one attached hydrogen (secondary N) is 2. The molecule has 1 aromatic heterocycles. The van der Waals surface area contributed by atoms with E-state index in [0.717, 1.165) is 0 Å². The molecule has 0 aliphatic rings. The highest BCUT2D eigenvalue weighted by Gasteiger charge is 2.12. The van der Waals surface area contributed by atoms with Gasteiger partial charge in [0.2, 0.25) is 0 Å². The van der Waals surface area contributed by atoms with Gasteiger partial charge in [-0.2, -0.15) is 0 Å². The van der Waals surface area contributed by atoms with Gasteiger partial charge in [-0.1, -0.05) is 12.1 Å². The van der Waals surface area contributed by atoms with E-state index in [9.17, 15) is 9.18 Å². The number of nitrogens with zero attached hydrogens (tertiary/aromatic N) is 2. The van der Waals surface area contributed by atoms with Gasteiger partial charge < -0.3 is 15.4 Å². The number of aromatic nitrogens is 2. The smallest absolute Gasteiger partial charge is 0.276 e. The van der Waals surface area contributed by atoms with Crippen molar-refractivity contribution in [3.63, 3.8) is 0 Å². The summed E-state index contributed by atoms with van der Waals surface area (Å²) in [6.07, 6.45) is -0.0142. The quantitative estimate of drug-likeness (QED) is 0.676. The van der Waals surface area contributed by atoms with Gasteiger partial charge in [0.15, 0.2) is 11.5 Å². The minimum absolute atomic E-state index is 0.0142. The molecular weight excluding hydrogens is 347 g/mol. The second-order valence-electron chi connectivity index (χ2n) is 6.05. The molecular formula is C20H19FN4O2. The van der Waals surface area contributed by atoms with Crippen molar-refractivity contribution < 1.29 is 13.9 Å². The number of para-hydroxylation sites is 2. The molecule has 2 N–H and O–H groups in total. The first-order chi connectivity index (χ1) is 13.0. The summed E-state index contributed by atoms with van der Waals surface area (Å²) in [5, 5.41) is 13.7. The molecule has 0 unspecified atom stereocenters. The number of hydrogen-bond donors (Lipinski definition) is 2. The Morgan fingerprint density at radius 3 is 2.41 bits per heavy atom. The van der Waals surface area contributed by atoms with Crippen molar-refractivity contribution in [2.45, 2.75) is 20.0 Å². The van der Waals surface area contributed by atoms with Gasteiger partial charge in [0.1, 0.15) is 11.6 Å². The fourth-order valence-corrected chi connectivity index (χ4v) is 2.31. The third-order valence-corrected chi connectivity index (χ3v) is 3.51. The third kappa shape index (κ3) is 5.01. The summed E-state index contributed by atoms with van der Waals surface area (Å²) < 4.78 is 18.6. The van der Waals surface area contributed by atoms with E-state index in [1.807, 2.05) is 26.0 Å². The monoisotopic (exact) mass is 366 g/mol. The van der Waals surface area contributed by atoms with Gasteiger partial charge in [-0.25, -0.2) is 4.39 Å². The number of carbonyl (C=O) groups excluding carboxylic acids is 1. The fourth-order valence-electron chi connectivity index (χ4n) is 2.31. The predicted molar refractivity (Wildman–Crippen MR) is 102 cm³/mol.